The van der Waals surface area contributed by atoms with E-state index in [1.165, 1.54) is 5.56 Å². The van der Waals surface area contributed by atoms with Crippen molar-refractivity contribution in [2.75, 3.05) is 5.32 Å². The molecule has 4 heteroatoms. The lowest BCUT2D eigenvalue weighted by Gasteiger charge is -2.25. The number of nitrogens with one attached hydrogen (secondary N) is 1. The van der Waals surface area contributed by atoms with E-state index in [0.29, 0.717) is 5.11 Å². The van der Waals surface area contributed by atoms with Gasteiger partial charge in [0, 0.05) is 17.8 Å². The van der Waals surface area contributed by atoms with Gasteiger partial charge >= 0.3 is 0 Å². The van der Waals surface area contributed by atoms with E-state index < -0.39 is 0 Å². The Morgan fingerprint density at radius 1 is 1.10 bits per heavy atom. The lowest BCUT2D eigenvalue weighted by Crippen LogP contribution is -2.31. The predicted molar refractivity (Wildman–Crippen MR) is 91.4 cm³/mol. The van der Waals surface area contributed by atoms with Crippen LogP contribution in [0.2, 0.25) is 0 Å². The van der Waals surface area contributed by atoms with Gasteiger partial charge in [0.05, 0.1) is 6.04 Å². The van der Waals surface area contributed by atoms with Gasteiger partial charge in [-0.1, -0.05) is 48.5 Å². The summed E-state index contributed by atoms with van der Waals surface area (Å²) in [6.45, 7) is 2.04. The third kappa shape index (κ3) is 3.11. The summed E-state index contributed by atoms with van der Waals surface area (Å²) < 4.78 is 0. The van der Waals surface area contributed by atoms with Crippen LogP contribution in [-0.4, -0.2) is 15.8 Å². The zero-order chi connectivity index (χ0) is 14.7. The van der Waals surface area contributed by atoms with Crippen LogP contribution in [0.4, 0.5) is 5.69 Å². The molecule has 0 amide bonds. The van der Waals surface area contributed by atoms with Crippen LogP contribution in [0, 0.1) is 0 Å². The highest BCUT2D eigenvalue weighted by atomic mass is 32.1. The van der Waals surface area contributed by atoms with Gasteiger partial charge < -0.3 is 5.32 Å². The number of rotatable bonds is 2. The van der Waals surface area contributed by atoms with Gasteiger partial charge in [-0.05, 0) is 36.8 Å². The minimum absolute atomic E-state index is 0.176. The maximum atomic E-state index is 5.53. The molecule has 1 N–H and O–H groups in total. The summed E-state index contributed by atoms with van der Waals surface area (Å²) in [5.41, 5.74) is 3.31. The van der Waals surface area contributed by atoms with Gasteiger partial charge in [0.15, 0.2) is 5.11 Å². The Morgan fingerprint density at radius 3 is 2.38 bits per heavy atom. The van der Waals surface area contributed by atoms with E-state index in [1.54, 1.807) is 0 Å². The van der Waals surface area contributed by atoms with Crippen molar-refractivity contribution in [2.24, 2.45) is 5.10 Å². The molecule has 0 saturated heterocycles. The second-order valence-corrected chi connectivity index (χ2v) is 5.49. The largest absolute Gasteiger partial charge is 0.331 e. The molecular formula is C17H17N3S. The van der Waals surface area contributed by atoms with Crippen molar-refractivity contribution in [3.05, 3.63) is 66.2 Å². The maximum absolute atomic E-state index is 5.53. The summed E-state index contributed by atoms with van der Waals surface area (Å²) in [5.74, 6) is 0. The SMILES string of the molecule is CC1=NN(C(=S)Nc2ccccc2)[C@@H](c2ccccc2)C1. The minimum Gasteiger partial charge on any atom is -0.331 e. The minimum atomic E-state index is 0.176. The first-order valence-corrected chi connectivity index (χ1v) is 7.39. The molecule has 21 heavy (non-hydrogen) atoms. The van der Waals surface area contributed by atoms with E-state index in [2.05, 4.69) is 34.7 Å². The van der Waals surface area contributed by atoms with Gasteiger partial charge in [-0.2, -0.15) is 5.10 Å². The standard InChI is InChI=1S/C17H17N3S/c1-13-12-16(14-8-4-2-5-9-14)20(19-13)17(21)18-15-10-6-3-7-11-15/h2-11,16H,12H2,1H3,(H,18,21)/t16-/m1/s1. The number of hydrazone groups is 1. The number of anilines is 1. The zero-order valence-electron chi connectivity index (χ0n) is 11.9. The van der Waals surface area contributed by atoms with Crippen LogP contribution < -0.4 is 5.32 Å². The molecule has 0 radical (unpaired) electrons. The monoisotopic (exact) mass is 295 g/mol. The molecule has 3 rings (SSSR count). The Bertz CT molecular complexity index is 652. The van der Waals surface area contributed by atoms with Crippen LogP contribution in [0.25, 0.3) is 0 Å². The lowest BCUT2D eigenvalue weighted by molar-refractivity contribution is 0.375. The highest BCUT2D eigenvalue weighted by molar-refractivity contribution is 7.80. The molecule has 0 saturated carbocycles. The third-order valence-corrected chi connectivity index (χ3v) is 3.77. The lowest BCUT2D eigenvalue weighted by atomic mass is 10.0. The number of thiocarbonyl (C=S) groups is 1. The average Bonchev–Trinajstić information content (AvgIpc) is 2.91. The van der Waals surface area contributed by atoms with E-state index in [0.717, 1.165) is 17.8 Å². The van der Waals surface area contributed by atoms with Crippen molar-refractivity contribution in [3.8, 4) is 0 Å². The number of benzene rings is 2. The van der Waals surface area contributed by atoms with Crippen molar-refractivity contribution in [1.29, 1.82) is 0 Å². The smallest absolute Gasteiger partial charge is 0.194 e. The van der Waals surface area contributed by atoms with E-state index in [9.17, 15) is 0 Å². The Morgan fingerprint density at radius 2 is 1.71 bits per heavy atom. The molecule has 0 fully saturated rings. The van der Waals surface area contributed by atoms with Crippen LogP contribution in [0.3, 0.4) is 0 Å². The second kappa shape index (κ2) is 6.06. The highest BCUT2D eigenvalue weighted by Crippen LogP contribution is 2.31. The normalized spacial score (nSPS) is 17.5. The summed E-state index contributed by atoms with van der Waals surface area (Å²) in [4.78, 5) is 0. The number of para-hydroxylation sites is 1. The van der Waals surface area contributed by atoms with Gasteiger partial charge in [-0.3, -0.25) is 0 Å². The van der Waals surface area contributed by atoms with Crippen LogP contribution in [0.15, 0.2) is 65.8 Å². The molecular weight excluding hydrogens is 278 g/mol. The fraction of sp³-hybridized carbons (Fsp3) is 0.176. The molecule has 1 aliphatic rings. The summed E-state index contributed by atoms with van der Waals surface area (Å²) >= 11 is 5.53. The first kappa shape index (κ1) is 13.8. The number of nitrogens with zero attached hydrogens (tertiary/aromatic N) is 2. The van der Waals surface area contributed by atoms with Gasteiger partial charge in [-0.25, -0.2) is 5.01 Å². The summed E-state index contributed by atoms with van der Waals surface area (Å²) in [6.07, 6.45) is 0.903. The van der Waals surface area contributed by atoms with E-state index >= 15 is 0 Å². The van der Waals surface area contributed by atoms with Crippen LogP contribution >= 0.6 is 12.2 Å². The highest BCUT2D eigenvalue weighted by Gasteiger charge is 2.28. The van der Waals surface area contributed by atoms with E-state index in [1.807, 2.05) is 48.3 Å². The first-order chi connectivity index (χ1) is 10.2. The Kier molecular flexibility index (Phi) is 3.97. The van der Waals surface area contributed by atoms with Crippen molar-refractivity contribution in [1.82, 2.24) is 5.01 Å². The number of hydrogen-bond acceptors (Lipinski definition) is 2. The maximum Gasteiger partial charge on any atom is 0.194 e. The van der Waals surface area contributed by atoms with Crippen LogP contribution in [-0.2, 0) is 0 Å². The fourth-order valence-electron chi connectivity index (χ4n) is 2.48. The molecule has 0 spiro atoms. The molecule has 106 valence electrons. The molecule has 0 aliphatic carbocycles. The van der Waals surface area contributed by atoms with E-state index in [-0.39, 0.29) is 6.04 Å². The average molecular weight is 295 g/mol. The molecule has 3 nitrogen and oxygen atoms in total. The Labute approximate surface area is 130 Å². The first-order valence-electron chi connectivity index (χ1n) is 6.98. The predicted octanol–water partition coefficient (Wildman–Crippen LogP) is 4.21. The zero-order valence-corrected chi connectivity index (χ0v) is 12.7. The number of hydrogen-bond donors (Lipinski definition) is 1. The molecule has 1 heterocycles. The van der Waals surface area contributed by atoms with Gasteiger partial charge in [-0.15, -0.1) is 0 Å². The Hall–Kier alpha value is -2.20. The molecule has 1 aliphatic heterocycles. The van der Waals surface area contributed by atoms with Crippen molar-refractivity contribution < 1.29 is 0 Å². The van der Waals surface area contributed by atoms with Crippen molar-refractivity contribution >= 4 is 28.7 Å². The molecule has 1 atom stereocenters. The topological polar surface area (TPSA) is 27.6 Å². The van der Waals surface area contributed by atoms with E-state index in [4.69, 9.17) is 12.2 Å². The van der Waals surface area contributed by atoms with Crippen LogP contribution in [0.1, 0.15) is 24.9 Å². The summed E-state index contributed by atoms with van der Waals surface area (Å²) in [7, 11) is 0. The molecule has 0 aromatic heterocycles. The molecule has 2 aromatic rings. The van der Waals surface area contributed by atoms with Gasteiger partial charge in [0.2, 0.25) is 0 Å². The third-order valence-electron chi connectivity index (χ3n) is 3.48. The van der Waals surface area contributed by atoms with Crippen LogP contribution in [0.5, 0.6) is 0 Å². The van der Waals surface area contributed by atoms with Crippen molar-refractivity contribution in [3.63, 3.8) is 0 Å². The summed E-state index contributed by atoms with van der Waals surface area (Å²) in [6, 6.07) is 20.5. The Balaban J connectivity index is 1.80. The summed E-state index contributed by atoms with van der Waals surface area (Å²) in [5, 5.41) is 10.4. The van der Waals surface area contributed by atoms with Gasteiger partial charge in [0.25, 0.3) is 0 Å². The fourth-order valence-corrected chi connectivity index (χ4v) is 2.77. The molecule has 0 unspecified atom stereocenters. The molecule has 0 bridgehead atoms. The quantitative estimate of drug-likeness (QED) is 0.841. The van der Waals surface area contributed by atoms with Gasteiger partial charge in [0.1, 0.15) is 0 Å². The molecule has 2 aromatic carbocycles. The second-order valence-electron chi connectivity index (χ2n) is 5.11. The van der Waals surface area contributed by atoms with Crippen molar-refractivity contribution in [2.45, 2.75) is 19.4 Å².